The number of ether oxygens (including phenoxy) is 2. The number of nitrogens with zero attached hydrogens (tertiary/aromatic N) is 4. The van der Waals surface area contributed by atoms with Crippen molar-refractivity contribution >= 4 is 40.7 Å². The normalized spacial score (nSPS) is 12.5. The van der Waals surface area contributed by atoms with Crippen LogP contribution in [-0.2, 0) is 32.0 Å². The van der Waals surface area contributed by atoms with Crippen LogP contribution in [0.4, 0.5) is 32.8 Å². The number of pyridine rings is 1. The minimum absolute atomic E-state index is 0.0346. The predicted octanol–water partition coefficient (Wildman–Crippen LogP) is 4.75. The summed E-state index contributed by atoms with van der Waals surface area (Å²) in [5.41, 5.74) is -2.44. The van der Waals surface area contributed by atoms with Crippen LogP contribution in [0.5, 0.6) is 0 Å². The number of carbonyl (C=O) groups is 4. The van der Waals surface area contributed by atoms with E-state index in [9.17, 15) is 41.5 Å². The van der Waals surface area contributed by atoms with Gasteiger partial charge < -0.3 is 29.6 Å². The molecular formula is C32H38F4N6O7. The molecule has 1 aromatic carbocycles. The smallest absolute Gasteiger partial charge is 0.420 e. The number of rotatable bonds is 11. The lowest BCUT2D eigenvalue weighted by molar-refractivity contribution is -0.134. The highest BCUT2D eigenvalue weighted by Gasteiger charge is 2.30. The maximum atomic E-state index is 14.5. The van der Waals surface area contributed by atoms with E-state index < -0.39 is 66.7 Å². The number of imidazole rings is 1. The van der Waals surface area contributed by atoms with Gasteiger partial charge in [0.05, 0.1) is 17.6 Å². The monoisotopic (exact) mass is 694 g/mol. The largest absolute Gasteiger partial charge is 0.443 e. The van der Waals surface area contributed by atoms with Gasteiger partial charge >= 0.3 is 18.4 Å². The van der Waals surface area contributed by atoms with Crippen molar-refractivity contribution in [2.24, 2.45) is 0 Å². The van der Waals surface area contributed by atoms with Gasteiger partial charge in [-0.05, 0) is 69.9 Å². The third kappa shape index (κ3) is 10.9. The molecule has 0 bridgehead atoms. The molecule has 2 heterocycles. The molecule has 49 heavy (non-hydrogen) atoms. The molecule has 0 saturated carbocycles. The van der Waals surface area contributed by atoms with Crippen LogP contribution in [0.25, 0.3) is 11.0 Å². The van der Waals surface area contributed by atoms with Crippen molar-refractivity contribution in [1.29, 1.82) is 0 Å². The molecule has 2 N–H and O–H groups in total. The van der Waals surface area contributed by atoms with Gasteiger partial charge in [0.2, 0.25) is 5.91 Å². The van der Waals surface area contributed by atoms with Gasteiger partial charge in [-0.3, -0.25) is 14.4 Å². The van der Waals surface area contributed by atoms with E-state index in [1.54, 1.807) is 20.8 Å². The van der Waals surface area contributed by atoms with Crippen molar-refractivity contribution in [2.75, 3.05) is 26.5 Å². The molecular weight excluding hydrogens is 656 g/mol. The minimum atomic E-state index is -4.57. The van der Waals surface area contributed by atoms with Gasteiger partial charge in [0.15, 0.2) is 6.10 Å². The van der Waals surface area contributed by atoms with E-state index in [-0.39, 0.29) is 46.9 Å². The Kier molecular flexibility index (Phi) is 12.3. The molecule has 0 saturated heterocycles. The first kappa shape index (κ1) is 38.2. The van der Waals surface area contributed by atoms with E-state index in [1.165, 1.54) is 51.6 Å². The number of allylic oxidation sites excluding steroid dienone is 1. The van der Waals surface area contributed by atoms with Crippen LogP contribution in [0, 0.1) is 5.82 Å². The summed E-state index contributed by atoms with van der Waals surface area (Å²) in [6.07, 6.45) is -5.55. The number of anilines is 1. The number of halogens is 4. The summed E-state index contributed by atoms with van der Waals surface area (Å²) in [5, 5.41) is 4.84. The molecule has 1 atom stereocenters. The number of amides is 3. The van der Waals surface area contributed by atoms with Crippen LogP contribution in [0.15, 0.2) is 47.4 Å². The zero-order valence-corrected chi connectivity index (χ0v) is 27.8. The topological polar surface area (TPSA) is 154 Å². The molecule has 266 valence electrons. The van der Waals surface area contributed by atoms with Crippen molar-refractivity contribution in [3.63, 3.8) is 0 Å². The fourth-order valence-electron chi connectivity index (χ4n) is 4.49. The molecule has 0 aliphatic heterocycles. The van der Waals surface area contributed by atoms with Crippen molar-refractivity contribution in [1.82, 2.24) is 24.3 Å². The van der Waals surface area contributed by atoms with E-state index in [0.29, 0.717) is 0 Å². The van der Waals surface area contributed by atoms with Gasteiger partial charge in [0.25, 0.3) is 11.5 Å². The lowest BCUT2D eigenvalue weighted by Crippen LogP contribution is -2.37. The second kappa shape index (κ2) is 15.8. The highest BCUT2D eigenvalue weighted by Crippen LogP contribution is 2.29. The predicted molar refractivity (Wildman–Crippen MR) is 171 cm³/mol. The van der Waals surface area contributed by atoms with Crippen molar-refractivity contribution < 1.29 is 46.2 Å². The number of carbonyl (C=O) groups excluding carboxylic acids is 4. The molecule has 0 aliphatic carbocycles. The summed E-state index contributed by atoms with van der Waals surface area (Å²) < 4.78 is 66.7. The Morgan fingerprint density at radius 1 is 1.12 bits per heavy atom. The van der Waals surface area contributed by atoms with E-state index in [4.69, 9.17) is 9.47 Å². The molecule has 0 fully saturated rings. The van der Waals surface area contributed by atoms with Crippen LogP contribution in [0.3, 0.4) is 0 Å². The van der Waals surface area contributed by atoms with Gasteiger partial charge in [-0.2, -0.15) is 13.2 Å². The molecule has 2 aromatic heterocycles. The number of alkyl halides is 3. The molecule has 3 rings (SSSR count). The molecule has 13 nitrogen and oxygen atoms in total. The summed E-state index contributed by atoms with van der Waals surface area (Å²) in [4.78, 5) is 69.3. The first-order chi connectivity index (χ1) is 22.8. The van der Waals surface area contributed by atoms with E-state index >= 15 is 0 Å². The summed E-state index contributed by atoms with van der Waals surface area (Å²) in [6.45, 7) is 4.28. The number of likely N-dealkylation sites (N-methyl/N-ethyl adjacent to an activating group) is 1. The Balaban J connectivity index is 2.01. The maximum absolute atomic E-state index is 14.5. The Labute approximate surface area is 278 Å². The van der Waals surface area contributed by atoms with Crippen LogP contribution < -0.4 is 16.2 Å². The van der Waals surface area contributed by atoms with E-state index in [0.717, 1.165) is 26.2 Å². The third-order valence-electron chi connectivity index (χ3n) is 6.72. The first-order valence-electron chi connectivity index (χ1n) is 15.1. The zero-order valence-electron chi connectivity index (χ0n) is 27.8. The fraction of sp³-hybridized carbons (Fsp3) is 0.438. The number of nitrogens with one attached hydrogen (secondary N) is 2. The van der Waals surface area contributed by atoms with E-state index in [1.807, 2.05) is 0 Å². The van der Waals surface area contributed by atoms with Crippen LogP contribution in [0.2, 0.25) is 0 Å². The maximum Gasteiger partial charge on any atom is 0.420 e. The molecule has 0 aliphatic rings. The van der Waals surface area contributed by atoms with Crippen molar-refractivity contribution in [3.05, 3.63) is 70.2 Å². The molecule has 0 spiro atoms. The van der Waals surface area contributed by atoms with E-state index in [2.05, 4.69) is 15.6 Å². The standard InChI is InChI=1S/C32H38F4N6O7/c1-31(2,3)49-30(47)42-24(38-22-17-20(33)16-19(26(22)42)13-14-32(34,35)36)18-41-15-9-10-21(28(41)45)39-27(44)23(48-29(46)40(5)6)11-7-8-12-25(43)37-4/h8-10,12,15-17,23H,7,11,13-14,18H2,1-6H3,(H,37,43)(H,39,44)/b12-8+/t23-/m0/s1. The van der Waals surface area contributed by atoms with Gasteiger partial charge in [0, 0.05) is 39.8 Å². The van der Waals surface area contributed by atoms with Gasteiger partial charge in [-0.15, -0.1) is 0 Å². The number of fused-ring (bicyclic) bond motifs is 1. The highest BCUT2D eigenvalue weighted by molar-refractivity contribution is 5.95. The quantitative estimate of drug-likeness (QED) is 0.215. The summed E-state index contributed by atoms with van der Waals surface area (Å²) in [6, 6.07) is 4.53. The number of hydrogen-bond donors (Lipinski definition) is 2. The third-order valence-corrected chi connectivity index (χ3v) is 6.72. The van der Waals surface area contributed by atoms with Crippen LogP contribution in [-0.4, -0.2) is 82.0 Å². The number of aryl methyl sites for hydroxylation is 1. The number of benzene rings is 1. The van der Waals surface area contributed by atoms with Crippen LogP contribution in [0.1, 0.15) is 51.4 Å². The molecule has 3 aromatic rings. The number of aromatic nitrogens is 3. The first-order valence-corrected chi connectivity index (χ1v) is 15.1. The molecule has 17 heteroatoms. The summed E-state index contributed by atoms with van der Waals surface area (Å²) >= 11 is 0. The summed E-state index contributed by atoms with van der Waals surface area (Å²) in [5.74, 6) is -2.25. The lowest BCUT2D eigenvalue weighted by atomic mass is 10.1. The minimum Gasteiger partial charge on any atom is -0.443 e. The fourth-order valence-corrected chi connectivity index (χ4v) is 4.49. The second-order valence-electron chi connectivity index (χ2n) is 12.1. The highest BCUT2D eigenvalue weighted by atomic mass is 19.4. The van der Waals surface area contributed by atoms with Crippen molar-refractivity contribution in [2.45, 2.75) is 70.9 Å². The average molecular weight is 695 g/mol. The van der Waals surface area contributed by atoms with Crippen molar-refractivity contribution in [3.8, 4) is 0 Å². The SMILES string of the molecule is CNC(=O)/C=C/CC[C@H](OC(=O)N(C)C)C(=O)Nc1cccn(Cc2nc3cc(F)cc(CCC(F)(F)F)c3n2C(=O)OC(C)(C)C)c1=O. The van der Waals surface area contributed by atoms with Gasteiger partial charge in [0.1, 0.15) is 22.9 Å². The lowest BCUT2D eigenvalue weighted by Gasteiger charge is -2.21. The molecule has 0 radical (unpaired) electrons. The van der Waals surface area contributed by atoms with Crippen LogP contribution >= 0.6 is 0 Å². The molecule has 0 unspecified atom stereocenters. The average Bonchev–Trinajstić information content (AvgIpc) is 3.35. The Morgan fingerprint density at radius 2 is 1.82 bits per heavy atom. The molecule has 3 amide bonds. The zero-order chi connectivity index (χ0) is 36.7. The Morgan fingerprint density at radius 3 is 2.43 bits per heavy atom. The Hall–Kier alpha value is -5.22. The van der Waals surface area contributed by atoms with Gasteiger partial charge in [-0.25, -0.2) is 23.5 Å². The van der Waals surface area contributed by atoms with Gasteiger partial charge in [-0.1, -0.05) is 6.08 Å². The Bertz CT molecular complexity index is 1790. The second-order valence-corrected chi connectivity index (χ2v) is 12.1. The number of hydrogen-bond acceptors (Lipinski definition) is 8. The summed E-state index contributed by atoms with van der Waals surface area (Å²) in [7, 11) is 4.27.